The fourth-order valence-electron chi connectivity index (χ4n) is 2.14. The summed E-state index contributed by atoms with van der Waals surface area (Å²) >= 11 is 1.52. The number of aromatic nitrogens is 1. The van der Waals surface area contributed by atoms with Gasteiger partial charge in [-0.2, -0.15) is 0 Å². The van der Waals surface area contributed by atoms with E-state index in [1.807, 2.05) is 26.2 Å². The van der Waals surface area contributed by atoms with E-state index < -0.39 is 6.04 Å². The fraction of sp³-hybridized carbons (Fsp3) is 0.583. The van der Waals surface area contributed by atoms with Crippen molar-refractivity contribution in [2.75, 3.05) is 6.54 Å². The minimum Gasteiger partial charge on any atom is -0.345 e. The van der Waals surface area contributed by atoms with E-state index >= 15 is 0 Å². The van der Waals surface area contributed by atoms with Crippen molar-refractivity contribution in [3.8, 4) is 0 Å². The first kappa shape index (κ1) is 13.0. The summed E-state index contributed by atoms with van der Waals surface area (Å²) in [5.74, 6) is -0.0191. The number of piperazine rings is 1. The molecule has 98 valence electrons. The Hall–Kier alpha value is -1.43. The number of amides is 2. The van der Waals surface area contributed by atoms with Gasteiger partial charge in [0.05, 0.1) is 13.1 Å². The predicted octanol–water partition coefficient (Wildman–Crippen LogP) is 0.935. The van der Waals surface area contributed by atoms with Crippen LogP contribution in [-0.2, 0) is 16.1 Å². The van der Waals surface area contributed by atoms with Gasteiger partial charge < -0.3 is 10.2 Å². The molecule has 1 fully saturated rings. The van der Waals surface area contributed by atoms with Crippen LogP contribution in [0.2, 0.25) is 0 Å². The van der Waals surface area contributed by atoms with Crippen LogP contribution in [0.1, 0.15) is 24.5 Å². The number of hydrogen-bond acceptors (Lipinski definition) is 4. The Balaban J connectivity index is 2.20. The molecule has 6 heteroatoms. The summed E-state index contributed by atoms with van der Waals surface area (Å²) < 4.78 is 0. The summed E-state index contributed by atoms with van der Waals surface area (Å²) in [6.07, 6.45) is 0. The molecule has 0 saturated carbocycles. The topological polar surface area (TPSA) is 62.3 Å². The Morgan fingerprint density at radius 2 is 2.28 bits per heavy atom. The lowest BCUT2D eigenvalue weighted by atomic mass is 9.99. The van der Waals surface area contributed by atoms with Crippen molar-refractivity contribution in [1.29, 1.82) is 0 Å². The Labute approximate surface area is 110 Å². The smallest absolute Gasteiger partial charge is 0.243 e. The summed E-state index contributed by atoms with van der Waals surface area (Å²) in [6.45, 7) is 6.33. The van der Waals surface area contributed by atoms with Crippen molar-refractivity contribution in [2.45, 2.75) is 33.4 Å². The van der Waals surface area contributed by atoms with Crippen molar-refractivity contribution < 1.29 is 9.59 Å². The largest absolute Gasteiger partial charge is 0.345 e. The van der Waals surface area contributed by atoms with Crippen LogP contribution < -0.4 is 5.32 Å². The first-order valence-corrected chi connectivity index (χ1v) is 6.85. The predicted molar refractivity (Wildman–Crippen MR) is 69.0 cm³/mol. The Morgan fingerprint density at radius 1 is 1.56 bits per heavy atom. The van der Waals surface area contributed by atoms with Gasteiger partial charge in [-0.05, 0) is 12.8 Å². The van der Waals surface area contributed by atoms with Crippen molar-refractivity contribution in [3.63, 3.8) is 0 Å². The van der Waals surface area contributed by atoms with Crippen molar-refractivity contribution in [3.05, 3.63) is 16.1 Å². The normalized spacial score (nSPS) is 20.4. The van der Waals surface area contributed by atoms with Gasteiger partial charge in [0.25, 0.3) is 0 Å². The maximum atomic E-state index is 12.0. The number of nitrogens with zero attached hydrogens (tertiary/aromatic N) is 2. The van der Waals surface area contributed by atoms with Crippen LogP contribution in [0.25, 0.3) is 0 Å². The maximum absolute atomic E-state index is 12.0. The number of nitrogens with one attached hydrogen (secondary N) is 1. The minimum atomic E-state index is -0.393. The number of thiazole rings is 1. The molecular formula is C12H17N3O2S. The third kappa shape index (κ3) is 2.53. The summed E-state index contributed by atoms with van der Waals surface area (Å²) in [5.41, 5.74) is 0.949. The van der Waals surface area contributed by atoms with E-state index in [1.165, 1.54) is 11.3 Å². The Bertz CT molecular complexity index is 470. The first-order valence-electron chi connectivity index (χ1n) is 5.97. The van der Waals surface area contributed by atoms with Gasteiger partial charge >= 0.3 is 0 Å². The molecule has 0 aliphatic carbocycles. The van der Waals surface area contributed by atoms with Crippen LogP contribution in [0, 0.1) is 12.8 Å². The molecule has 1 saturated heterocycles. The highest BCUT2D eigenvalue weighted by Crippen LogP contribution is 2.19. The monoisotopic (exact) mass is 267 g/mol. The number of carbonyl (C=O) groups is 2. The maximum Gasteiger partial charge on any atom is 0.243 e. The summed E-state index contributed by atoms with van der Waals surface area (Å²) in [6, 6.07) is -0.393. The second kappa shape index (κ2) is 5.06. The second-order valence-electron chi connectivity index (χ2n) is 4.81. The molecule has 0 spiro atoms. The van der Waals surface area contributed by atoms with E-state index in [2.05, 4.69) is 10.3 Å². The molecule has 5 nitrogen and oxygen atoms in total. The standard InChI is InChI=1S/C12H17N3O2S/c1-7(2)11-12(17)13-4-10(16)15(11)5-9-14-8(3)6-18-9/h6-7,11H,4-5H2,1-3H3,(H,13,17). The number of carbonyl (C=O) groups excluding carboxylic acids is 2. The molecule has 2 amide bonds. The van der Waals surface area contributed by atoms with E-state index in [-0.39, 0.29) is 24.3 Å². The number of hydrogen-bond donors (Lipinski definition) is 1. The average molecular weight is 267 g/mol. The molecule has 1 aromatic heterocycles. The lowest BCUT2D eigenvalue weighted by Crippen LogP contribution is -2.59. The van der Waals surface area contributed by atoms with E-state index in [4.69, 9.17) is 0 Å². The minimum absolute atomic E-state index is 0.0406. The van der Waals surface area contributed by atoms with Crippen LogP contribution >= 0.6 is 11.3 Å². The molecule has 1 unspecified atom stereocenters. The molecule has 1 N–H and O–H groups in total. The van der Waals surface area contributed by atoms with Crippen molar-refractivity contribution in [1.82, 2.24) is 15.2 Å². The second-order valence-corrected chi connectivity index (χ2v) is 5.75. The third-order valence-corrected chi connectivity index (χ3v) is 3.89. The van der Waals surface area contributed by atoms with Gasteiger partial charge in [-0.1, -0.05) is 13.8 Å². The van der Waals surface area contributed by atoms with Crippen LogP contribution in [0.5, 0.6) is 0 Å². The number of aryl methyl sites for hydroxylation is 1. The molecule has 0 radical (unpaired) electrons. The quantitative estimate of drug-likeness (QED) is 0.886. The Morgan fingerprint density at radius 3 is 2.83 bits per heavy atom. The molecule has 18 heavy (non-hydrogen) atoms. The molecule has 1 aliphatic rings. The van der Waals surface area contributed by atoms with Gasteiger partial charge in [-0.15, -0.1) is 11.3 Å². The zero-order valence-corrected chi connectivity index (χ0v) is 11.6. The van der Waals surface area contributed by atoms with Gasteiger partial charge in [0.15, 0.2) is 0 Å². The Kier molecular flexibility index (Phi) is 3.65. The zero-order valence-electron chi connectivity index (χ0n) is 10.8. The molecule has 1 atom stereocenters. The van der Waals surface area contributed by atoms with Gasteiger partial charge in [0, 0.05) is 11.1 Å². The SMILES string of the molecule is Cc1csc(CN2C(=O)CNC(=O)C2C(C)C)n1. The van der Waals surface area contributed by atoms with Gasteiger partial charge in [-0.25, -0.2) is 4.98 Å². The molecule has 1 aromatic rings. The van der Waals surface area contributed by atoms with Gasteiger partial charge in [0.1, 0.15) is 11.0 Å². The molecule has 0 aromatic carbocycles. The summed E-state index contributed by atoms with van der Waals surface area (Å²) in [7, 11) is 0. The molecule has 2 heterocycles. The van der Waals surface area contributed by atoms with Crippen LogP contribution in [-0.4, -0.2) is 34.3 Å². The van der Waals surface area contributed by atoms with Crippen molar-refractivity contribution >= 4 is 23.2 Å². The number of rotatable bonds is 3. The molecule has 1 aliphatic heterocycles. The van der Waals surface area contributed by atoms with Crippen molar-refractivity contribution in [2.24, 2.45) is 5.92 Å². The molecular weight excluding hydrogens is 250 g/mol. The first-order chi connectivity index (χ1) is 8.49. The van der Waals surface area contributed by atoms with E-state index in [9.17, 15) is 9.59 Å². The zero-order chi connectivity index (χ0) is 13.3. The fourth-order valence-corrected chi connectivity index (χ4v) is 2.91. The van der Waals surface area contributed by atoms with E-state index in [1.54, 1.807) is 4.90 Å². The average Bonchev–Trinajstić information content (AvgIpc) is 2.69. The van der Waals surface area contributed by atoms with Crippen LogP contribution in [0.3, 0.4) is 0 Å². The highest BCUT2D eigenvalue weighted by molar-refractivity contribution is 7.09. The third-order valence-electron chi connectivity index (χ3n) is 2.94. The lowest BCUT2D eigenvalue weighted by molar-refractivity contribution is -0.148. The van der Waals surface area contributed by atoms with Crippen LogP contribution in [0.4, 0.5) is 0 Å². The lowest BCUT2D eigenvalue weighted by Gasteiger charge is -2.36. The van der Waals surface area contributed by atoms with Crippen LogP contribution in [0.15, 0.2) is 5.38 Å². The highest BCUT2D eigenvalue weighted by atomic mass is 32.1. The van der Waals surface area contributed by atoms with E-state index in [0.29, 0.717) is 6.54 Å². The van der Waals surface area contributed by atoms with Gasteiger partial charge in [0.2, 0.25) is 11.8 Å². The highest BCUT2D eigenvalue weighted by Gasteiger charge is 2.36. The summed E-state index contributed by atoms with van der Waals surface area (Å²) in [4.78, 5) is 29.8. The summed E-state index contributed by atoms with van der Waals surface area (Å²) in [5, 5.41) is 5.47. The molecule has 2 rings (SSSR count). The van der Waals surface area contributed by atoms with Gasteiger partial charge in [-0.3, -0.25) is 9.59 Å². The molecule has 0 bridgehead atoms. The van der Waals surface area contributed by atoms with E-state index in [0.717, 1.165) is 10.7 Å².